The molecule has 20 heavy (non-hydrogen) atoms. The first kappa shape index (κ1) is 13.0. The molecule has 0 spiro atoms. The van der Waals surface area contributed by atoms with Gasteiger partial charge in [-0.25, -0.2) is 8.78 Å². The van der Waals surface area contributed by atoms with E-state index < -0.39 is 11.6 Å². The van der Waals surface area contributed by atoms with Crippen LogP contribution in [0.2, 0.25) is 0 Å². The van der Waals surface area contributed by atoms with Crippen molar-refractivity contribution in [3.8, 4) is 10.4 Å². The molecule has 0 atom stereocenters. The van der Waals surface area contributed by atoms with Gasteiger partial charge in [0.2, 0.25) is 0 Å². The smallest absolute Gasteiger partial charge is 0.126 e. The molecule has 2 aromatic carbocycles. The first-order valence-electron chi connectivity index (χ1n) is 6.30. The normalized spacial score (nSPS) is 10.7. The van der Waals surface area contributed by atoms with Crippen molar-refractivity contribution in [1.82, 2.24) is 0 Å². The average molecular weight is 286 g/mol. The Morgan fingerprint density at radius 1 is 0.800 bits per heavy atom. The zero-order chi connectivity index (χ0) is 13.9. The molecule has 0 nitrogen and oxygen atoms in total. The van der Waals surface area contributed by atoms with E-state index in [1.54, 1.807) is 11.3 Å². The lowest BCUT2D eigenvalue weighted by molar-refractivity contribution is 0.584. The summed E-state index contributed by atoms with van der Waals surface area (Å²) < 4.78 is 26.5. The molecule has 3 rings (SSSR count). The summed E-state index contributed by atoms with van der Waals surface area (Å²) in [5.74, 6) is -1.09. The zero-order valence-corrected chi connectivity index (χ0v) is 11.5. The molecule has 0 N–H and O–H groups in total. The molecule has 0 radical (unpaired) electrons. The van der Waals surface area contributed by atoms with E-state index in [4.69, 9.17) is 0 Å². The Morgan fingerprint density at radius 3 is 2.20 bits per heavy atom. The van der Waals surface area contributed by atoms with Crippen LogP contribution in [0.25, 0.3) is 10.4 Å². The van der Waals surface area contributed by atoms with Crippen molar-refractivity contribution >= 4 is 11.3 Å². The van der Waals surface area contributed by atoms with Crippen molar-refractivity contribution in [1.29, 1.82) is 0 Å². The molecule has 1 aromatic heterocycles. The minimum Gasteiger partial charge on any atom is -0.207 e. The number of rotatable bonds is 3. The highest BCUT2D eigenvalue weighted by molar-refractivity contribution is 7.15. The SMILES string of the molecule is Fc1cc(F)cc(-c2ccc(Cc3ccccc3)s2)c1. The van der Waals surface area contributed by atoms with Gasteiger partial charge >= 0.3 is 0 Å². The molecule has 3 heteroatoms. The molecule has 0 aliphatic rings. The summed E-state index contributed by atoms with van der Waals surface area (Å²) in [6.45, 7) is 0. The van der Waals surface area contributed by atoms with E-state index in [0.717, 1.165) is 17.4 Å². The first-order chi connectivity index (χ1) is 9.70. The minimum absolute atomic E-state index is 0.544. The Kier molecular flexibility index (Phi) is 3.61. The summed E-state index contributed by atoms with van der Waals surface area (Å²) in [4.78, 5) is 2.06. The number of hydrogen-bond acceptors (Lipinski definition) is 1. The summed E-state index contributed by atoms with van der Waals surface area (Å²) in [5.41, 5.74) is 1.82. The third-order valence-corrected chi connectivity index (χ3v) is 4.16. The molecule has 0 aliphatic carbocycles. The minimum atomic E-state index is -0.544. The Hall–Kier alpha value is -2.00. The molecule has 0 unspecified atom stereocenters. The molecule has 100 valence electrons. The van der Waals surface area contributed by atoms with Gasteiger partial charge in [0, 0.05) is 22.2 Å². The summed E-state index contributed by atoms with van der Waals surface area (Å²) in [6.07, 6.45) is 0.837. The third-order valence-electron chi connectivity index (χ3n) is 3.03. The number of halogens is 2. The van der Waals surface area contributed by atoms with E-state index in [1.165, 1.54) is 22.6 Å². The predicted molar refractivity (Wildman–Crippen MR) is 78.9 cm³/mol. The standard InChI is InChI=1S/C17H12F2S/c18-14-9-13(10-15(19)11-14)17-7-6-16(20-17)8-12-4-2-1-3-5-12/h1-7,9-11H,8H2. The second kappa shape index (κ2) is 5.55. The molecule has 0 bridgehead atoms. The zero-order valence-electron chi connectivity index (χ0n) is 10.6. The topological polar surface area (TPSA) is 0 Å². The van der Waals surface area contributed by atoms with E-state index in [9.17, 15) is 8.78 Å². The van der Waals surface area contributed by atoms with Crippen molar-refractivity contribution in [2.24, 2.45) is 0 Å². The van der Waals surface area contributed by atoms with Gasteiger partial charge in [-0.1, -0.05) is 30.3 Å². The van der Waals surface area contributed by atoms with Crippen LogP contribution in [0.5, 0.6) is 0 Å². The molecule has 0 saturated heterocycles. The lowest BCUT2D eigenvalue weighted by Gasteiger charge is -1.99. The van der Waals surface area contributed by atoms with Crippen molar-refractivity contribution < 1.29 is 8.78 Å². The van der Waals surface area contributed by atoms with Crippen LogP contribution in [-0.2, 0) is 6.42 Å². The van der Waals surface area contributed by atoms with Gasteiger partial charge in [0.25, 0.3) is 0 Å². The van der Waals surface area contributed by atoms with E-state index in [-0.39, 0.29) is 0 Å². The van der Waals surface area contributed by atoms with Gasteiger partial charge in [0.05, 0.1) is 0 Å². The van der Waals surface area contributed by atoms with E-state index >= 15 is 0 Å². The van der Waals surface area contributed by atoms with Crippen molar-refractivity contribution in [3.63, 3.8) is 0 Å². The van der Waals surface area contributed by atoms with Crippen molar-refractivity contribution in [2.45, 2.75) is 6.42 Å². The summed E-state index contributed by atoms with van der Waals surface area (Å²) in [6, 6.07) is 17.7. The van der Waals surface area contributed by atoms with Gasteiger partial charge in [-0.3, -0.25) is 0 Å². The van der Waals surface area contributed by atoms with E-state index in [1.807, 2.05) is 30.3 Å². The first-order valence-corrected chi connectivity index (χ1v) is 7.11. The fourth-order valence-corrected chi connectivity index (χ4v) is 3.15. The highest BCUT2D eigenvalue weighted by atomic mass is 32.1. The van der Waals surface area contributed by atoms with Crippen LogP contribution < -0.4 is 0 Å². The van der Waals surface area contributed by atoms with Crippen LogP contribution in [0.4, 0.5) is 8.78 Å². The van der Waals surface area contributed by atoms with Crippen LogP contribution >= 0.6 is 11.3 Å². The van der Waals surface area contributed by atoms with Crippen LogP contribution in [0.15, 0.2) is 60.7 Å². The van der Waals surface area contributed by atoms with Crippen molar-refractivity contribution in [3.05, 3.63) is 82.7 Å². The molecule has 0 fully saturated rings. The van der Waals surface area contributed by atoms with E-state index in [0.29, 0.717) is 5.56 Å². The monoisotopic (exact) mass is 286 g/mol. The molecule has 0 aliphatic heterocycles. The molecular weight excluding hydrogens is 274 g/mol. The molecule has 0 saturated carbocycles. The van der Waals surface area contributed by atoms with Crippen LogP contribution in [-0.4, -0.2) is 0 Å². The summed E-state index contributed by atoms with van der Waals surface area (Å²) >= 11 is 1.56. The van der Waals surface area contributed by atoms with Gasteiger partial charge in [0.1, 0.15) is 11.6 Å². The van der Waals surface area contributed by atoms with Gasteiger partial charge in [-0.2, -0.15) is 0 Å². The number of hydrogen-bond donors (Lipinski definition) is 0. The molecule has 0 amide bonds. The lowest BCUT2D eigenvalue weighted by Crippen LogP contribution is -1.82. The van der Waals surface area contributed by atoms with Crippen LogP contribution in [0.1, 0.15) is 10.4 Å². The van der Waals surface area contributed by atoms with Crippen LogP contribution in [0.3, 0.4) is 0 Å². The fourth-order valence-electron chi connectivity index (χ4n) is 2.12. The Labute approximate surface area is 120 Å². The fraction of sp³-hybridized carbons (Fsp3) is 0.0588. The highest BCUT2D eigenvalue weighted by Crippen LogP contribution is 2.30. The maximum atomic E-state index is 13.2. The number of benzene rings is 2. The molecule has 1 heterocycles. The maximum absolute atomic E-state index is 13.2. The van der Waals surface area contributed by atoms with Gasteiger partial charge < -0.3 is 0 Å². The molecular formula is C17H12F2S. The van der Waals surface area contributed by atoms with Crippen LogP contribution in [0, 0.1) is 11.6 Å². The van der Waals surface area contributed by atoms with Gasteiger partial charge in [-0.05, 0) is 35.4 Å². The highest BCUT2D eigenvalue weighted by Gasteiger charge is 2.07. The van der Waals surface area contributed by atoms with Crippen molar-refractivity contribution in [2.75, 3.05) is 0 Å². The Morgan fingerprint density at radius 2 is 1.50 bits per heavy atom. The largest absolute Gasteiger partial charge is 0.207 e. The van der Waals surface area contributed by atoms with E-state index in [2.05, 4.69) is 12.1 Å². The summed E-state index contributed by atoms with van der Waals surface area (Å²) in [5, 5.41) is 0. The molecule has 3 aromatic rings. The second-order valence-corrected chi connectivity index (χ2v) is 5.75. The quantitative estimate of drug-likeness (QED) is 0.614. The third kappa shape index (κ3) is 2.94. The second-order valence-electron chi connectivity index (χ2n) is 4.59. The lowest BCUT2D eigenvalue weighted by atomic mass is 10.1. The predicted octanol–water partition coefficient (Wildman–Crippen LogP) is 5.28. The Balaban J connectivity index is 1.86. The summed E-state index contributed by atoms with van der Waals surface area (Å²) in [7, 11) is 0. The Bertz CT molecular complexity index is 697. The maximum Gasteiger partial charge on any atom is 0.126 e. The van der Waals surface area contributed by atoms with Gasteiger partial charge in [0.15, 0.2) is 0 Å². The van der Waals surface area contributed by atoms with Gasteiger partial charge in [-0.15, -0.1) is 11.3 Å². The average Bonchev–Trinajstić information content (AvgIpc) is 2.87. The number of thiophene rings is 1.